The molecule has 0 fully saturated rings. The minimum atomic E-state index is -0.588. The second-order valence-electron chi connectivity index (χ2n) is 6.66. The maximum atomic E-state index is 13.1. The van der Waals surface area contributed by atoms with Crippen LogP contribution in [-0.2, 0) is 20.9 Å². The number of amides is 1. The van der Waals surface area contributed by atoms with Crippen molar-refractivity contribution in [3.63, 3.8) is 0 Å². The van der Waals surface area contributed by atoms with E-state index >= 15 is 0 Å². The molecule has 0 atom stereocenters. The molecule has 0 radical (unpaired) electrons. The van der Waals surface area contributed by atoms with E-state index in [-0.39, 0.29) is 31.2 Å². The van der Waals surface area contributed by atoms with Gasteiger partial charge in [-0.15, -0.1) is 11.3 Å². The lowest BCUT2D eigenvalue weighted by atomic mass is 10.2. The van der Waals surface area contributed by atoms with Crippen molar-refractivity contribution in [3.05, 3.63) is 43.3 Å². The first-order valence-corrected chi connectivity index (χ1v) is 11.2. The van der Waals surface area contributed by atoms with Crippen LogP contribution in [0.1, 0.15) is 26.3 Å². The zero-order valence-electron chi connectivity index (χ0n) is 19.1. The minimum Gasteiger partial charge on any atom is -0.493 e. The first-order valence-electron chi connectivity index (χ1n) is 10.4. The predicted molar refractivity (Wildman–Crippen MR) is 125 cm³/mol. The summed E-state index contributed by atoms with van der Waals surface area (Å²) in [5.74, 6) is 0.00692. The van der Waals surface area contributed by atoms with Crippen LogP contribution in [0, 0.1) is 11.3 Å². The molecular weight excluding hydrogens is 446 g/mol. The average Bonchev–Trinajstić information content (AvgIpc) is 3.07. The van der Waals surface area contributed by atoms with Gasteiger partial charge in [0.05, 0.1) is 24.3 Å². The number of nitriles is 1. The zero-order chi connectivity index (χ0) is 24.4. The number of carbonyl (C=O) groups excluding carboxylic acids is 2. The van der Waals surface area contributed by atoms with Crippen LogP contribution in [0.25, 0.3) is 12.2 Å². The molecule has 0 saturated carbocycles. The van der Waals surface area contributed by atoms with Gasteiger partial charge in [0, 0.05) is 13.1 Å². The standard InChI is InChI=1S/C23H27N3O6S/c1-5-25(6-2)20(27)15-26-21(14-22(28)31-7-3)33-19(23(26)29)13-16-8-9-17(32-11-10-24)18(12-16)30-4/h8-9,12-14H,5-7,11,15H2,1-4H3/b19-13-,21-14-. The number of benzene rings is 1. The third-order valence-electron chi connectivity index (χ3n) is 4.65. The van der Waals surface area contributed by atoms with Gasteiger partial charge in [-0.3, -0.25) is 14.2 Å². The summed E-state index contributed by atoms with van der Waals surface area (Å²) in [6, 6.07) is 6.93. The summed E-state index contributed by atoms with van der Waals surface area (Å²) in [6.07, 6.45) is 2.87. The normalized spacial score (nSPS) is 11.7. The third kappa shape index (κ3) is 6.70. The summed E-state index contributed by atoms with van der Waals surface area (Å²) in [4.78, 5) is 39.4. The molecule has 176 valence electrons. The number of likely N-dealkylation sites (N-methyl/N-ethyl adjacent to an activating group) is 1. The fourth-order valence-electron chi connectivity index (χ4n) is 3.04. The molecule has 1 heterocycles. The van der Waals surface area contributed by atoms with Crippen LogP contribution < -0.4 is 24.2 Å². The van der Waals surface area contributed by atoms with E-state index in [1.54, 1.807) is 36.1 Å². The van der Waals surface area contributed by atoms with E-state index in [0.717, 1.165) is 11.3 Å². The van der Waals surface area contributed by atoms with Crippen molar-refractivity contribution in [3.8, 4) is 17.6 Å². The maximum absolute atomic E-state index is 13.1. The van der Waals surface area contributed by atoms with Gasteiger partial charge in [-0.25, -0.2) is 4.79 Å². The van der Waals surface area contributed by atoms with Crippen molar-refractivity contribution in [1.82, 2.24) is 9.47 Å². The van der Waals surface area contributed by atoms with E-state index in [0.29, 0.717) is 39.3 Å². The van der Waals surface area contributed by atoms with Gasteiger partial charge in [0.1, 0.15) is 17.3 Å². The molecule has 0 aliphatic carbocycles. The van der Waals surface area contributed by atoms with E-state index in [1.165, 1.54) is 17.8 Å². The fraction of sp³-hybridized carbons (Fsp3) is 0.391. The van der Waals surface area contributed by atoms with E-state index in [4.69, 9.17) is 19.5 Å². The second kappa shape index (κ2) is 12.5. The smallest absolute Gasteiger partial charge is 0.333 e. The van der Waals surface area contributed by atoms with Crippen LogP contribution in [0.5, 0.6) is 11.5 Å². The van der Waals surface area contributed by atoms with E-state index in [9.17, 15) is 14.4 Å². The molecule has 1 aromatic carbocycles. The van der Waals surface area contributed by atoms with Gasteiger partial charge in [-0.1, -0.05) is 6.07 Å². The van der Waals surface area contributed by atoms with Crippen molar-refractivity contribution in [2.45, 2.75) is 27.3 Å². The Morgan fingerprint density at radius 3 is 2.55 bits per heavy atom. The third-order valence-corrected chi connectivity index (χ3v) is 5.71. The molecule has 0 saturated heterocycles. The van der Waals surface area contributed by atoms with E-state index < -0.39 is 5.97 Å². The molecule has 2 aromatic rings. The minimum absolute atomic E-state index is 0.122. The Morgan fingerprint density at radius 2 is 1.94 bits per heavy atom. The van der Waals surface area contributed by atoms with Gasteiger partial charge in [0.25, 0.3) is 5.56 Å². The topological polar surface area (TPSA) is 111 Å². The number of esters is 1. The summed E-state index contributed by atoms with van der Waals surface area (Å²) in [5, 5.41) is 8.70. The van der Waals surface area contributed by atoms with Gasteiger partial charge < -0.3 is 19.1 Å². The Hall–Kier alpha value is -3.58. The van der Waals surface area contributed by atoms with Crippen molar-refractivity contribution in [1.29, 1.82) is 5.26 Å². The largest absolute Gasteiger partial charge is 0.493 e. The lowest BCUT2D eigenvalue weighted by Crippen LogP contribution is -2.40. The van der Waals surface area contributed by atoms with Gasteiger partial charge in [-0.2, -0.15) is 5.26 Å². The summed E-state index contributed by atoms with van der Waals surface area (Å²) in [6.45, 7) is 6.34. The molecule has 0 aliphatic rings. The summed E-state index contributed by atoms with van der Waals surface area (Å²) >= 11 is 1.09. The fourth-order valence-corrected chi connectivity index (χ4v) is 4.07. The van der Waals surface area contributed by atoms with Crippen molar-refractivity contribution < 1.29 is 23.8 Å². The summed E-state index contributed by atoms with van der Waals surface area (Å²) in [7, 11) is 1.47. The molecule has 10 heteroatoms. The first-order chi connectivity index (χ1) is 15.9. The van der Waals surface area contributed by atoms with Gasteiger partial charge >= 0.3 is 5.97 Å². The van der Waals surface area contributed by atoms with Crippen LogP contribution in [-0.4, -0.2) is 54.8 Å². The maximum Gasteiger partial charge on any atom is 0.333 e. The summed E-state index contributed by atoms with van der Waals surface area (Å²) < 4.78 is 17.6. The van der Waals surface area contributed by atoms with E-state index in [2.05, 4.69) is 0 Å². The molecular formula is C23H27N3O6S. The lowest BCUT2D eigenvalue weighted by Gasteiger charge is -2.18. The van der Waals surface area contributed by atoms with Gasteiger partial charge in [-0.05, 0) is 44.5 Å². The summed E-state index contributed by atoms with van der Waals surface area (Å²) in [5.41, 5.74) is 0.263. The molecule has 2 rings (SSSR count). The highest BCUT2D eigenvalue weighted by Gasteiger charge is 2.15. The number of carbonyl (C=O) groups is 2. The van der Waals surface area contributed by atoms with Crippen LogP contribution in [0.3, 0.4) is 0 Å². The SMILES string of the molecule is CCOC(=O)/C=c1\s/c(=C\c2ccc(OCC#N)c(OC)c2)c(=O)n1CC(=O)N(CC)CC. The Morgan fingerprint density at radius 1 is 1.21 bits per heavy atom. The molecule has 0 spiro atoms. The lowest BCUT2D eigenvalue weighted by molar-refractivity contribution is -0.135. The number of methoxy groups -OCH3 is 1. The molecule has 9 nitrogen and oxygen atoms in total. The Kier molecular flexibility index (Phi) is 9.69. The van der Waals surface area contributed by atoms with Gasteiger partial charge in [0.15, 0.2) is 18.1 Å². The molecule has 0 bridgehead atoms. The van der Waals surface area contributed by atoms with Crippen LogP contribution in [0.15, 0.2) is 23.0 Å². The van der Waals surface area contributed by atoms with E-state index in [1.807, 2.05) is 19.9 Å². The van der Waals surface area contributed by atoms with Crippen LogP contribution in [0.2, 0.25) is 0 Å². The average molecular weight is 474 g/mol. The van der Waals surface area contributed by atoms with Crippen molar-refractivity contribution in [2.75, 3.05) is 33.4 Å². The molecule has 1 aromatic heterocycles. The molecule has 33 heavy (non-hydrogen) atoms. The van der Waals surface area contributed by atoms with Crippen LogP contribution >= 0.6 is 11.3 Å². The number of hydrogen-bond donors (Lipinski definition) is 0. The Balaban J connectivity index is 2.58. The molecule has 1 amide bonds. The molecule has 0 unspecified atom stereocenters. The quantitative estimate of drug-likeness (QED) is 0.471. The van der Waals surface area contributed by atoms with Crippen molar-refractivity contribution >= 4 is 35.4 Å². The number of thiazole rings is 1. The number of rotatable bonds is 10. The number of nitrogens with zero attached hydrogens (tertiary/aromatic N) is 3. The molecule has 0 aliphatic heterocycles. The van der Waals surface area contributed by atoms with Crippen LogP contribution in [0.4, 0.5) is 0 Å². The Bertz CT molecular complexity index is 1200. The van der Waals surface area contributed by atoms with Gasteiger partial charge in [0.2, 0.25) is 5.91 Å². The highest BCUT2D eigenvalue weighted by atomic mass is 32.1. The predicted octanol–water partition coefficient (Wildman–Crippen LogP) is 0.862. The number of hydrogen-bond acceptors (Lipinski definition) is 8. The molecule has 0 N–H and O–H groups in total. The highest BCUT2D eigenvalue weighted by Crippen LogP contribution is 2.28. The highest BCUT2D eigenvalue weighted by molar-refractivity contribution is 7.07. The second-order valence-corrected chi connectivity index (χ2v) is 7.72. The first kappa shape index (κ1) is 25.7. The number of aromatic nitrogens is 1. The Labute approximate surface area is 195 Å². The van der Waals surface area contributed by atoms with Crippen molar-refractivity contribution in [2.24, 2.45) is 0 Å². The monoisotopic (exact) mass is 473 g/mol. The zero-order valence-corrected chi connectivity index (χ0v) is 19.9. The number of ether oxygens (including phenoxy) is 3.